The van der Waals surface area contributed by atoms with Gasteiger partial charge in [-0.15, -0.1) is 0 Å². The van der Waals surface area contributed by atoms with E-state index < -0.39 is 0 Å². The number of H-pyrrole nitrogens is 1. The normalized spacial score (nSPS) is 15.4. The first kappa shape index (κ1) is 26.9. The molecule has 0 bridgehead atoms. The lowest BCUT2D eigenvalue weighted by Gasteiger charge is -2.16. The summed E-state index contributed by atoms with van der Waals surface area (Å²) in [5, 5.41) is 2.59. The molecule has 2 aromatic carbocycles. The molecule has 0 unspecified atom stereocenters. The van der Waals surface area contributed by atoms with Crippen molar-refractivity contribution in [3.63, 3.8) is 0 Å². The van der Waals surface area contributed by atoms with Gasteiger partial charge < -0.3 is 19.0 Å². The van der Waals surface area contributed by atoms with E-state index in [2.05, 4.69) is 76.9 Å². The molecule has 8 rings (SSSR count). The molecule has 0 atom stereocenters. The second-order valence-electron chi connectivity index (χ2n) is 10.5. The van der Waals surface area contributed by atoms with Crippen LogP contribution < -0.4 is 0 Å². The van der Waals surface area contributed by atoms with E-state index >= 15 is 0 Å². The summed E-state index contributed by atoms with van der Waals surface area (Å²) in [6, 6.07) is 16.4. The van der Waals surface area contributed by atoms with E-state index in [1.54, 1.807) is 0 Å². The van der Waals surface area contributed by atoms with Crippen LogP contribution in [0.1, 0.15) is 31.6 Å². The van der Waals surface area contributed by atoms with Crippen LogP contribution in [-0.4, -0.2) is 65.9 Å². The van der Waals surface area contributed by atoms with Gasteiger partial charge in [0.25, 0.3) is 0 Å². The van der Waals surface area contributed by atoms with Crippen molar-refractivity contribution in [2.45, 2.75) is 12.8 Å². The molecule has 6 heterocycles. The third-order valence-electron chi connectivity index (χ3n) is 7.90. The highest BCUT2D eigenvalue weighted by Gasteiger charge is 2.23. The Bertz CT molecular complexity index is 2110. The molecule has 232 valence electrons. The van der Waals surface area contributed by atoms with Gasteiger partial charge in [0, 0.05) is 36.2 Å². The van der Waals surface area contributed by atoms with Crippen molar-refractivity contribution in [3.05, 3.63) is 95.3 Å². The molecule has 4 aromatic heterocycles. The average molecular weight is 650 g/mol. The number of halogens is 2. The van der Waals surface area contributed by atoms with Crippen molar-refractivity contribution in [1.82, 2.24) is 39.5 Å². The van der Waals surface area contributed by atoms with Gasteiger partial charge in [0.05, 0.1) is 48.9 Å². The molecule has 0 spiro atoms. The highest BCUT2D eigenvalue weighted by Crippen LogP contribution is 2.38. The molecule has 12 heteroatoms. The summed E-state index contributed by atoms with van der Waals surface area (Å²) in [4.78, 5) is 28.5. The fourth-order valence-electron chi connectivity index (χ4n) is 5.90. The van der Waals surface area contributed by atoms with E-state index in [0.717, 1.165) is 70.4 Å². The Hall–Kier alpha value is -4.48. The second-order valence-corrected chi connectivity index (χ2v) is 11.2. The summed E-state index contributed by atoms with van der Waals surface area (Å²) >= 11 is 11.9. The molecule has 0 amide bonds. The Morgan fingerprint density at radius 1 is 0.778 bits per heavy atom. The van der Waals surface area contributed by atoms with E-state index in [9.17, 15) is 0 Å². The maximum Gasteiger partial charge on any atom is 0.225 e. The fraction of sp³-hybridized carbons (Fsp3) is 0.212. The van der Waals surface area contributed by atoms with E-state index in [1.807, 2.05) is 30.3 Å². The second kappa shape index (κ2) is 12.9. The van der Waals surface area contributed by atoms with Gasteiger partial charge >= 0.3 is 0 Å². The van der Waals surface area contributed by atoms with E-state index in [0.29, 0.717) is 24.9 Å². The summed E-state index contributed by atoms with van der Waals surface area (Å²) in [6.07, 6.45) is 8.85. The molecular formula is C33H34Cl2N8O2. The van der Waals surface area contributed by atoms with Crippen molar-refractivity contribution >= 4 is 56.2 Å². The zero-order valence-electron chi connectivity index (χ0n) is 28.4. The number of nitrogens with zero attached hydrogens (tertiary/aromatic N) is 7. The Balaban J connectivity index is 0.000000201. The van der Waals surface area contributed by atoms with Crippen LogP contribution in [0.5, 0.6) is 0 Å². The summed E-state index contributed by atoms with van der Waals surface area (Å²) < 4.78 is 33.1. The highest BCUT2D eigenvalue weighted by atomic mass is 35.5. The first-order chi connectivity index (χ1) is 24.1. The van der Waals surface area contributed by atoms with Crippen LogP contribution >= 0.6 is 23.2 Å². The standard InChI is InChI=1S/C17H15ClN4O.C16H13ClN4O.3H2/c1-22-13-5-3-2-4-12(13)14(16-19-10-20-17(18)21-16)15(22)11-6-8-23-9-7-11;17-16-19-9-18-15(21-16)13-11-3-1-2-4-12(11)20-14(13)10-5-7-22-8-6-10;;;/h2-6,10H,7-9H2,1H3;1-5,9,20H,6-8H2;3*1H/i;;2*1+1D;. The number of aryl methyl sites for hydroxylation is 1. The summed E-state index contributed by atoms with van der Waals surface area (Å²) in [5.74, 6) is 1.18. The third-order valence-corrected chi connectivity index (χ3v) is 8.26. The molecule has 0 fully saturated rings. The SMILES string of the molecule is Clc1ncnc(-c2c(C3=CCOCC3)[nH]c3ccccc23)n1.Cn1c(C2=CCOCC2)c(-c2ncnc(Cl)n2)c2ccccc21.[2H][2H].[2H][2H].[HH]. The first-order valence-corrected chi connectivity index (χ1v) is 15.3. The third kappa shape index (κ3) is 5.85. The van der Waals surface area contributed by atoms with Gasteiger partial charge in [0.2, 0.25) is 10.6 Å². The Kier molecular flexibility index (Phi) is 7.68. The monoisotopic (exact) mass is 648 g/mol. The van der Waals surface area contributed by atoms with Crippen LogP contribution in [0.2, 0.25) is 10.6 Å². The zero-order valence-corrected chi connectivity index (χ0v) is 25.9. The molecular weight excluding hydrogens is 611 g/mol. The van der Waals surface area contributed by atoms with Gasteiger partial charge in [-0.3, -0.25) is 0 Å². The van der Waals surface area contributed by atoms with E-state index in [-0.39, 0.29) is 12.0 Å². The first-order valence-electron chi connectivity index (χ1n) is 16.5. The number of benzene rings is 2. The highest BCUT2D eigenvalue weighted by molar-refractivity contribution is 6.28. The summed E-state index contributed by atoms with van der Waals surface area (Å²) in [6.45, 7) is 2.71. The molecule has 0 saturated carbocycles. The van der Waals surface area contributed by atoms with Gasteiger partial charge in [0.1, 0.15) is 12.7 Å². The van der Waals surface area contributed by atoms with Crippen LogP contribution in [0, 0.1) is 0 Å². The van der Waals surface area contributed by atoms with Gasteiger partial charge in [-0.2, -0.15) is 9.97 Å². The van der Waals surface area contributed by atoms with Crippen molar-refractivity contribution in [3.8, 4) is 22.8 Å². The topological polar surface area (TPSA) is 117 Å². The Labute approximate surface area is 276 Å². The van der Waals surface area contributed by atoms with E-state index in [1.165, 1.54) is 23.8 Å². The lowest BCUT2D eigenvalue weighted by atomic mass is 10.0. The molecule has 10 nitrogen and oxygen atoms in total. The van der Waals surface area contributed by atoms with Crippen LogP contribution in [0.25, 0.3) is 55.7 Å². The van der Waals surface area contributed by atoms with Gasteiger partial charge in [-0.1, -0.05) is 48.6 Å². The number of hydrogen-bond acceptors (Lipinski definition) is 8. The Morgan fingerprint density at radius 3 is 2.02 bits per heavy atom. The molecule has 0 aliphatic carbocycles. The minimum Gasteiger partial charge on any atom is -0.377 e. The summed E-state index contributed by atoms with van der Waals surface area (Å²) in [5.41, 5.74) is 8.78. The van der Waals surface area contributed by atoms with Crippen molar-refractivity contribution in [2.24, 2.45) is 7.05 Å². The Morgan fingerprint density at radius 2 is 1.38 bits per heavy atom. The number of ether oxygens (including phenoxy) is 2. The van der Waals surface area contributed by atoms with Crippen molar-refractivity contribution < 1.29 is 16.8 Å². The van der Waals surface area contributed by atoms with Crippen LogP contribution in [0.3, 0.4) is 0 Å². The van der Waals surface area contributed by atoms with Crippen LogP contribution in [-0.2, 0) is 16.5 Å². The van der Waals surface area contributed by atoms with E-state index in [4.69, 9.17) is 38.6 Å². The lowest BCUT2D eigenvalue weighted by molar-refractivity contribution is 0.161. The molecule has 6 aromatic rings. The maximum atomic E-state index is 5.99. The quantitative estimate of drug-likeness (QED) is 0.207. The predicted molar refractivity (Wildman–Crippen MR) is 182 cm³/mol. The van der Waals surface area contributed by atoms with Crippen molar-refractivity contribution in [2.75, 3.05) is 26.4 Å². The minimum absolute atomic E-state index is 0. The predicted octanol–water partition coefficient (Wildman–Crippen LogP) is 7.70. The largest absolute Gasteiger partial charge is 0.377 e. The lowest BCUT2D eigenvalue weighted by Crippen LogP contribution is -2.07. The average Bonchev–Trinajstić information content (AvgIpc) is 3.70. The number of aromatic amines is 1. The molecule has 1 N–H and O–H groups in total. The van der Waals surface area contributed by atoms with Crippen LogP contribution in [0.4, 0.5) is 0 Å². The summed E-state index contributed by atoms with van der Waals surface area (Å²) in [7, 11) is 2.07. The van der Waals surface area contributed by atoms with Gasteiger partial charge in [0.15, 0.2) is 11.6 Å². The molecule has 45 heavy (non-hydrogen) atoms. The molecule has 2 aliphatic rings. The smallest absolute Gasteiger partial charge is 0.225 e. The number of para-hydroxylation sites is 2. The number of nitrogens with one attached hydrogen (secondary N) is 1. The van der Waals surface area contributed by atoms with Crippen LogP contribution in [0.15, 0.2) is 73.3 Å². The minimum atomic E-state index is 0. The van der Waals surface area contributed by atoms with Gasteiger partial charge in [-0.05, 0) is 59.3 Å². The molecule has 0 saturated heterocycles. The fourth-order valence-corrected chi connectivity index (χ4v) is 6.15. The number of hydrogen-bond donors (Lipinski definition) is 1. The molecule has 2 aliphatic heterocycles. The zero-order chi connectivity index (χ0) is 34.8. The number of rotatable bonds is 4. The van der Waals surface area contributed by atoms with Crippen molar-refractivity contribution in [1.29, 1.82) is 0 Å². The number of fused-ring (bicyclic) bond motifs is 2. The maximum absolute atomic E-state index is 5.99. The van der Waals surface area contributed by atoms with Gasteiger partial charge in [-0.25, -0.2) is 19.9 Å². The number of aromatic nitrogens is 8. The molecule has 0 radical (unpaired) electrons.